The lowest BCUT2D eigenvalue weighted by Crippen LogP contribution is -1.97. The molecule has 0 spiro atoms. The maximum Gasteiger partial charge on any atom is 0.0972 e. The summed E-state index contributed by atoms with van der Waals surface area (Å²) in [4.78, 5) is 9.81. The van der Waals surface area contributed by atoms with Crippen molar-refractivity contribution in [2.45, 2.75) is 0 Å². The molecule has 1 aliphatic heterocycles. The molecule has 3 nitrogen and oxygen atoms in total. The predicted molar refractivity (Wildman–Crippen MR) is 161 cm³/mol. The van der Waals surface area contributed by atoms with E-state index in [9.17, 15) is 0 Å². The molecular formula is C36H21N3. The third-order valence-corrected chi connectivity index (χ3v) is 8.17. The molecule has 0 bridgehead atoms. The highest BCUT2D eigenvalue weighted by molar-refractivity contribution is 6.16. The van der Waals surface area contributed by atoms with Gasteiger partial charge in [-0.1, -0.05) is 91.0 Å². The Bertz CT molecular complexity index is 2290. The van der Waals surface area contributed by atoms with Gasteiger partial charge in [-0.05, 0) is 41.5 Å². The standard InChI is InChI=1S/C36H21N3/c1-2-9-26-25(8-1)28-11-5-12-29-27-10-3-4-13-32(27)39(36(28)29)33-19-17-24(21-30(26)33)31-18-16-23-15-14-22-7-6-20-37-34(22)35(23)38-31/h1-21H. The Labute approximate surface area is 224 Å². The zero-order chi connectivity index (χ0) is 25.5. The van der Waals surface area contributed by atoms with Gasteiger partial charge in [-0.3, -0.25) is 4.98 Å². The SMILES string of the molecule is c1ccc2c(c1)-c1cc(-c3ccc4ccc5cccnc5c4n3)ccc1-n1c3ccccc3c3cccc-2c31. The summed E-state index contributed by atoms with van der Waals surface area (Å²) in [5, 5.41) is 4.76. The lowest BCUT2D eigenvalue weighted by atomic mass is 9.92. The Kier molecular flexibility index (Phi) is 4.05. The summed E-state index contributed by atoms with van der Waals surface area (Å²) in [5.74, 6) is 0. The first kappa shape index (κ1) is 20.7. The van der Waals surface area contributed by atoms with E-state index in [2.05, 4.69) is 125 Å². The molecule has 5 aromatic carbocycles. The van der Waals surface area contributed by atoms with Gasteiger partial charge in [0, 0.05) is 44.4 Å². The minimum absolute atomic E-state index is 0.937. The number of benzene rings is 5. The third-order valence-electron chi connectivity index (χ3n) is 8.17. The Morgan fingerprint density at radius 3 is 2.18 bits per heavy atom. The van der Waals surface area contributed by atoms with Gasteiger partial charge in [0.25, 0.3) is 0 Å². The lowest BCUT2D eigenvalue weighted by Gasteiger charge is -2.14. The van der Waals surface area contributed by atoms with Gasteiger partial charge in [0.2, 0.25) is 0 Å². The van der Waals surface area contributed by atoms with Crippen LogP contribution in [0, 0.1) is 0 Å². The topological polar surface area (TPSA) is 30.7 Å². The molecule has 9 rings (SSSR count). The van der Waals surface area contributed by atoms with Crippen molar-refractivity contribution >= 4 is 43.6 Å². The van der Waals surface area contributed by atoms with Gasteiger partial charge in [0.1, 0.15) is 0 Å². The van der Waals surface area contributed by atoms with Crippen LogP contribution in [0.4, 0.5) is 0 Å². The predicted octanol–water partition coefficient (Wildman–Crippen LogP) is 9.19. The van der Waals surface area contributed by atoms with Crippen molar-refractivity contribution in [3.05, 3.63) is 128 Å². The van der Waals surface area contributed by atoms with Crippen LogP contribution in [0.3, 0.4) is 0 Å². The molecular weight excluding hydrogens is 474 g/mol. The van der Waals surface area contributed by atoms with E-state index in [1.165, 1.54) is 49.7 Å². The van der Waals surface area contributed by atoms with Crippen molar-refractivity contribution in [1.82, 2.24) is 14.5 Å². The molecule has 3 heteroatoms. The van der Waals surface area contributed by atoms with Gasteiger partial charge in [-0.2, -0.15) is 0 Å². The first-order valence-corrected chi connectivity index (χ1v) is 13.3. The second kappa shape index (κ2) is 7.62. The highest BCUT2D eigenvalue weighted by Gasteiger charge is 2.24. The minimum Gasteiger partial charge on any atom is -0.308 e. The van der Waals surface area contributed by atoms with Gasteiger partial charge in [-0.25, -0.2) is 4.98 Å². The fourth-order valence-corrected chi connectivity index (χ4v) is 6.43. The molecule has 0 atom stereocenters. The molecule has 8 aromatic rings. The van der Waals surface area contributed by atoms with E-state index in [4.69, 9.17) is 4.98 Å². The zero-order valence-corrected chi connectivity index (χ0v) is 21.0. The van der Waals surface area contributed by atoms with Gasteiger partial charge in [0.05, 0.1) is 33.4 Å². The maximum atomic E-state index is 5.15. The first-order chi connectivity index (χ1) is 19.3. The molecule has 0 amide bonds. The molecule has 180 valence electrons. The van der Waals surface area contributed by atoms with Crippen LogP contribution in [0.25, 0.3) is 82.8 Å². The fraction of sp³-hybridized carbons (Fsp3) is 0. The molecule has 4 heterocycles. The summed E-state index contributed by atoms with van der Waals surface area (Å²) in [5.41, 5.74) is 12.6. The second-order valence-electron chi connectivity index (χ2n) is 10.2. The highest BCUT2D eigenvalue weighted by atomic mass is 15.0. The van der Waals surface area contributed by atoms with E-state index in [0.29, 0.717) is 0 Å². The van der Waals surface area contributed by atoms with E-state index in [0.717, 1.165) is 33.1 Å². The van der Waals surface area contributed by atoms with Crippen LogP contribution in [0.15, 0.2) is 128 Å². The largest absolute Gasteiger partial charge is 0.308 e. The number of hydrogen-bond donors (Lipinski definition) is 0. The highest BCUT2D eigenvalue weighted by Crippen LogP contribution is 2.47. The molecule has 0 unspecified atom stereocenters. The lowest BCUT2D eigenvalue weighted by molar-refractivity contribution is 1.19. The van der Waals surface area contributed by atoms with Crippen molar-refractivity contribution < 1.29 is 0 Å². The molecule has 0 aliphatic carbocycles. The first-order valence-electron chi connectivity index (χ1n) is 13.3. The molecule has 1 aliphatic rings. The molecule has 39 heavy (non-hydrogen) atoms. The number of nitrogens with zero attached hydrogens (tertiary/aromatic N) is 3. The van der Waals surface area contributed by atoms with Gasteiger partial charge < -0.3 is 4.57 Å². The molecule has 0 radical (unpaired) electrons. The van der Waals surface area contributed by atoms with E-state index in [-0.39, 0.29) is 0 Å². The summed E-state index contributed by atoms with van der Waals surface area (Å²) < 4.78 is 2.45. The second-order valence-corrected chi connectivity index (χ2v) is 10.2. The quantitative estimate of drug-likeness (QED) is 0.213. The van der Waals surface area contributed by atoms with Crippen molar-refractivity contribution in [3.63, 3.8) is 0 Å². The Hall–Kier alpha value is -5.28. The summed E-state index contributed by atoms with van der Waals surface area (Å²) >= 11 is 0. The zero-order valence-electron chi connectivity index (χ0n) is 21.0. The van der Waals surface area contributed by atoms with Gasteiger partial charge in [-0.15, -0.1) is 0 Å². The Morgan fingerprint density at radius 1 is 0.513 bits per heavy atom. The molecule has 0 N–H and O–H groups in total. The van der Waals surface area contributed by atoms with Crippen molar-refractivity contribution in [2.24, 2.45) is 0 Å². The normalized spacial score (nSPS) is 12.1. The van der Waals surface area contributed by atoms with Crippen LogP contribution in [0.1, 0.15) is 0 Å². The van der Waals surface area contributed by atoms with Crippen molar-refractivity contribution in [3.8, 4) is 39.2 Å². The molecule has 3 aromatic heterocycles. The Morgan fingerprint density at radius 2 is 1.26 bits per heavy atom. The van der Waals surface area contributed by atoms with E-state index in [1.54, 1.807) is 0 Å². The van der Waals surface area contributed by atoms with Crippen LogP contribution in [0.2, 0.25) is 0 Å². The van der Waals surface area contributed by atoms with Gasteiger partial charge in [0.15, 0.2) is 0 Å². The summed E-state index contributed by atoms with van der Waals surface area (Å²) in [7, 11) is 0. The summed E-state index contributed by atoms with van der Waals surface area (Å²) in [6.45, 7) is 0. The van der Waals surface area contributed by atoms with Crippen LogP contribution < -0.4 is 0 Å². The average Bonchev–Trinajstić information content (AvgIpc) is 3.28. The minimum atomic E-state index is 0.937. The molecule has 0 saturated heterocycles. The monoisotopic (exact) mass is 495 g/mol. The molecule has 0 fully saturated rings. The van der Waals surface area contributed by atoms with Gasteiger partial charge >= 0.3 is 0 Å². The van der Waals surface area contributed by atoms with Crippen LogP contribution in [-0.2, 0) is 0 Å². The number of hydrogen-bond acceptors (Lipinski definition) is 2. The van der Waals surface area contributed by atoms with Crippen LogP contribution in [0.5, 0.6) is 0 Å². The van der Waals surface area contributed by atoms with E-state index in [1.807, 2.05) is 12.3 Å². The average molecular weight is 496 g/mol. The fourth-order valence-electron chi connectivity index (χ4n) is 6.43. The van der Waals surface area contributed by atoms with Crippen LogP contribution >= 0.6 is 0 Å². The number of pyridine rings is 2. The van der Waals surface area contributed by atoms with E-state index < -0.39 is 0 Å². The van der Waals surface area contributed by atoms with E-state index >= 15 is 0 Å². The Balaban J connectivity index is 1.36. The number of rotatable bonds is 1. The van der Waals surface area contributed by atoms with Crippen LogP contribution in [-0.4, -0.2) is 14.5 Å². The maximum absolute atomic E-state index is 5.15. The number of para-hydroxylation sites is 2. The number of fused-ring (bicyclic) bond motifs is 11. The van der Waals surface area contributed by atoms with Crippen molar-refractivity contribution in [2.75, 3.05) is 0 Å². The molecule has 0 saturated carbocycles. The smallest absolute Gasteiger partial charge is 0.0972 e. The van der Waals surface area contributed by atoms with Crippen molar-refractivity contribution in [1.29, 1.82) is 0 Å². The number of aromatic nitrogens is 3. The summed E-state index contributed by atoms with van der Waals surface area (Å²) in [6, 6.07) is 43.6. The third kappa shape index (κ3) is 2.82. The summed E-state index contributed by atoms with van der Waals surface area (Å²) in [6.07, 6.45) is 1.84.